The maximum absolute atomic E-state index is 4.52. The van der Waals surface area contributed by atoms with E-state index in [4.69, 9.17) is 0 Å². The minimum absolute atomic E-state index is 0.692. The van der Waals surface area contributed by atoms with Crippen molar-refractivity contribution in [2.24, 2.45) is 0 Å². The molecule has 0 spiro atoms. The average Bonchev–Trinajstić information content (AvgIpc) is 2.94. The van der Waals surface area contributed by atoms with Crippen molar-refractivity contribution < 1.29 is 0 Å². The second kappa shape index (κ2) is 5.16. The Morgan fingerprint density at radius 3 is 3.00 bits per heavy atom. The summed E-state index contributed by atoms with van der Waals surface area (Å²) in [5, 5.41) is 6.39. The van der Waals surface area contributed by atoms with Gasteiger partial charge in [-0.1, -0.05) is 0 Å². The summed E-state index contributed by atoms with van der Waals surface area (Å²) in [7, 11) is 1.85. The molecule has 0 aliphatic carbocycles. The molecule has 3 aromatic heterocycles. The molecule has 6 nitrogen and oxygen atoms in total. The molecule has 0 saturated carbocycles. The van der Waals surface area contributed by atoms with Crippen LogP contribution in [0, 0.1) is 6.92 Å². The van der Waals surface area contributed by atoms with Crippen molar-refractivity contribution in [2.75, 3.05) is 17.7 Å². The van der Waals surface area contributed by atoms with Crippen LogP contribution in [-0.4, -0.2) is 26.4 Å². The van der Waals surface area contributed by atoms with Crippen LogP contribution in [-0.2, 0) is 6.54 Å². The number of aromatic nitrogens is 4. The minimum atomic E-state index is 0.692. The summed E-state index contributed by atoms with van der Waals surface area (Å²) in [4.78, 5) is 12.9. The van der Waals surface area contributed by atoms with Gasteiger partial charge >= 0.3 is 0 Å². The molecule has 0 fully saturated rings. The highest BCUT2D eigenvalue weighted by atomic mass is 15.1. The Balaban J connectivity index is 1.90. The molecule has 0 aliphatic rings. The fourth-order valence-electron chi connectivity index (χ4n) is 2.05. The van der Waals surface area contributed by atoms with Crippen molar-refractivity contribution in [2.45, 2.75) is 13.5 Å². The molecule has 3 rings (SSSR count). The Morgan fingerprint density at radius 2 is 2.20 bits per heavy atom. The van der Waals surface area contributed by atoms with E-state index in [-0.39, 0.29) is 0 Å². The Hall–Kier alpha value is -2.63. The summed E-state index contributed by atoms with van der Waals surface area (Å²) in [6.07, 6.45) is 9.23. The van der Waals surface area contributed by atoms with Gasteiger partial charge in [-0.05, 0) is 24.1 Å². The summed E-state index contributed by atoms with van der Waals surface area (Å²) in [6.45, 7) is 2.74. The highest BCUT2D eigenvalue weighted by Crippen LogP contribution is 2.17. The lowest BCUT2D eigenvalue weighted by atomic mass is 10.1. The molecule has 0 radical (unpaired) electrons. The van der Waals surface area contributed by atoms with E-state index in [2.05, 4.69) is 25.6 Å². The summed E-state index contributed by atoms with van der Waals surface area (Å²) < 4.78 is 1.95. The van der Waals surface area contributed by atoms with E-state index < -0.39 is 0 Å². The molecule has 6 heteroatoms. The predicted octanol–water partition coefficient (Wildman–Crippen LogP) is 2.09. The molecule has 3 heterocycles. The third-order valence-electron chi connectivity index (χ3n) is 3.21. The molecule has 0 saturated heterocycles. The van der Waals surface area contributed by atoms with Crippen LogP contribution in [0.25, 0.3) is 5.65 Å². The van der Waals surface area contributed by atoms with Crippen molar-refractivity contribution in [1.82, 2.24) is 19.4 Å². The Morgan fingerprint density at radius 1 is 1.30 bits per heavy atom. The van der Waals surface area contributed by atoms with Crippen molar-refractivity contribution in [3.63, 3.8) is 0 Å². The first-order chi connectivity index (χ1) is 9.78. The predicted molar refractivity (Wildman–Crippen MR) is 78.8 cm³/mol. The summed E-state index contributed by atoms with van der Waals surface area (Å²) in [5.74, 6) is 1.56. The van der Waals surface area contributed by atoms with Crippen LogP contribution in [0.5, 0.6) is 0 Å². The van der Waals surface area contributed by atoms with Crippen LogP contribution in [0.2, 0.25) is 0 Å². The molecule has 102 valence electrons. The third kappa shape index (κ3) is 2.27. The average molecular weight is 268 g/mol. The van der Waals surface area contributed by atoms with Gasteiger partial charge in [0.05, 0.1) is 6.20 Å². The molecule has 0 atom stereocenters. The fourth-order valence-corrected chi connectivity index (χ4v) is 2.05. The quantitative estimate of drug-likeness (QED) is 0.758. The summed E-state index contributed by atoms with van der Waals surface area (Å²) >= 11 is 0. The van der Waals surface area contributed by atoms with Crippen molar-refractivity contribution >= 4 is 17.3 Å². The zero-order chi connectivity index (χ0) is 13.9. The second-order valence-electron chi connectivity index (χ2n) is 4.54. The van der Waals surface area contributed by atoms with Crippen molar-refractivity contribution in [1.29, 1.82) is 0 Å². The molecule has 2 N–H and O–H groups in total. The lowest BCUT2D eigenvalue weighted by molar-refractivity contribution is 1.05. The molecule has 3 aromatic rings. The molecular weight excluding hydrogens is 252 g/mol. The number of nitrogens with one attached hydrogen (secondary N) is 2. The molecule has 20 heavy (non-hydrogen) atoms. The molecule has 0 amide bonds. The lowest BCUT2D eigenvalue weighted by Gasteiger charge is -2.10. The van der Waals surface area contributed by atoms with Crippen LogP contribution >= 0.6 is 0 Å². The third-order valence-corrected chi connectivity index (χ3v) is 3.21. The molecule has 0 aromatic carbocycles. The molecule has 0 bridgehead atoms. The van der Waals surface area contributed by atoms with Gasteiger partial charge in [-0.25, -0.2) is 9.97 Å². The Labute approximate surface area is 116 Å². The Bertz CT molecular complexity index is 733. The van der Waals surface area contributed by atoms with E-state index in [1.54, 1.807) is 12.4 Å². The monoisotopic (exact) mass is 268 g/mol. The maximum atomic E-state index is 4.52. The first kappa shape index (κ1) is 12.4. The van der Waals surface area contributed by atoms with Crippen LogP contribution in [0.1, 0.15) is 11.1 Å². The lowest BCUT2D eigenvalue weighted by Crippen LogP contribution is -2.07. The van der Waals surface area contributed by atoms with E-state index in [1.165, 1.54) is 5.56 Å². The second-order valence-corrected chi connectivity index (χ2v) is 4.54. The smallest absolute Gasteiger partial charge is 0.180 e. The van der Waals surface area contributed by atoms with Gasteiger partial charge in [0, 0.05) is 38.4 Å². The van der Waals surface area contributed by atoms with Gasteiger partial charge in [-0.2, -0.15) is 0 Å². The first-order valence-electron chi connectivity index (χ1n) is 6.43. The molecule has 0 aliphatic heterocycles. The summed E-state index contributed by atoms with van der Waals surface area (Å²) in [6, 6.07) is 2.01. The fraction of sp³-hybridized carbons (Fsp3) is 0.214. The topological polar surface area (TPSA) is 67.1 Å². The number of hydrogen-bond donors (Lipinski definition) is 2. The van der Waals surface area contributed by atoms with Gasteiger partial charge in [0.1, 0.15) is 5.82 Å². The summed E-state index contributed by atoms with van der Waals surface area (Å²) in [5.41, 5.74) is 3.17. The highest BCUT2D eigenvalue weighted by Gasteiger charge is 2.07. The normalized spacial score (nSPS) is 10.7. The van der Waals surface area contributed by atoms with Gasteiger partial charge in [0.25, 0.3) is 0 Å². The maximum Gasteiger partial charge on any atom is 0.180 e. The van der Waals surface area contributed by atoms with E-state index in [9.17, 15) is 0 Å². The van der Waals surface area contributed by atoms with Gasteiger partial charge < -0.3 is 15.0 Å². The van der Waals surface area contributed by atoms with Crippen LogP contribution in [0.4, 0.5) is 11.6 Å². The standard InChI is InChI=1S/C14H16N6/c1-10-7-16-4-3-11(10)8-18-13-14-17-5-6-20(14)9-12(15-2)19-13/h3-7,9,15H,8H2,1-2H3,(H,18,19). The van der Waals surface area contributed by atoms with Gasteiger partial charge in [-0.3, -0.25) is 4.98 Å². The van der Waals surface area contributed by atoms with Crippen LogP contribution < -0.4 is 10.6 Å². The van der Waals surface area contributed by atoms with Gasteiger partial charge in [0.15, 0.2) is 11.5 Å². The largest absolute Gasteiger partial charge is 0.372 e. The number of imidazole rings is 1. The van der Waals surface area contributed by atoms with E-state index in [0.29, 0.717) is 6.54 Å². The van der Waals surface area contributed by atoms with E-state index >= 15 is 0 Å². The zero-order valence-electron chi connectivity index (χ0n) is 11.5. The van der Waals surface area contributed by atoms with Crippen LogP contribution in [0.3, 0.4) is 0 Å². The number of aryl methyl sites for hydroxylation is 1. The minimum Gasteiger partial charge on any atom is -0.372 e. The van der Waals surface area contributed by atoms with Crippen LogP contribution in [0.15, 0.2) is 37.1 Å². The number of fused-ring (bicyclic) bond motifs is 1. The number of rotatable bonds is 4. The van der Waals surface area contributed by atoms with E-state index in [0.717, 1.165) is 22.8 Å². The molecular formula is C14H16N6. The molecule has 0 unspecified atom stereocenters. The number of pyridine rings is 1. The van der Waals surface area contributed by atoms with Gasteiger partial charge in [-0.15, -0.1) is 0 Å². The van der Waals surface area contributed by atoms with Gasteiger partial charge in [0.2, 0.25) is 0 Å². The Kier molecular flexibility index (Phi) is 3.20. The van der Waals surface area contributed by atoms with E-state index in [1.807, 2.05) is 43.0 Å². The number of nitrogens with zero attached hydrogens (tertiary/aromatic N) is 4. The first-order valence-corrected chi connectivity index (χ1v) is 6.43. The number of anilines is 2. The highest BCUT2D eigenvalue weighted by molar-refractivity contribution is 5.65. The van der Waals surface area contributed by atoms with Crippen molar-refractivity contribution in [3.8, 4) is 0 Å². The SMILES string of the molecule is CNc1cn2ccnc2c(NCc2ccncc2C)n1. The number of hydrogen-bond acceptors (Lipinski definition) is 5. The van der Waals surface area contributed by atoms with Crippen molar-refractivity contribution in [3.05, 3.63) is 48.2 Å². The zero-order valence-corrected chi connectivity index (χ0v) is 11.5.